The lowest BCUT2D eigenvalue weighted by molar-refractivity contribution is 0.102. The summed E-state index contributed by atoms with van der Waals surface area (Å²) in [6, 6.07) is 15.0. The number of rotatable bonds is 3. The Morgan fingerprint density at radius 3 is 2.39 bits per heavy atom. The van der Waals surface area contributed by atoms with Crippen molar-refractivity contribution in [3.63, 3.8) is 0 Å². The minimum Gasteiger partial charge on any atom is -0.388 e. The van der Waals surface area contributed by atoms with E-state index in [-0.39, 0.29) is 5.91 Å². The van der Waals surface area contributed by atoms with Gasteiger partial charge in [-0.25, -0.2) is 0 Å². The van der Waals surface area contributed by atoms with Crippen LogP contribution in [0.5, 0.6) is 0 Å². The van der Waals surface area contributed by atoms with Crippen LogP contribution in [-0.4, -0.2) is 13.0 Å². The number of anilines is 2. The summed E-state index contributed by atoms with van der Waals surface area (Å²) >= 11 is 0. The van der Waals surface area contributed by atoms with E-state index in [1.807, 2.05) is 62.5 Å². The van der Waals surface area contributed by atoms with Crippen LogP contribution in [0.4, 0.5) is 11.4 Å². The molecule has 0 heterocycles. The lowest BCUT2D eigenvalue weighted by Crippen LogP contribution is -2.12. The first-order valence-corrected chi connectivity index (χ1v) is 5.85. The molecule has 0 aromatic heterocycles. The van der Waals surface area contributed by atoms with Crippen molar-refractivity contribution in [3.05, 3.63) is 59.7 Å². The minimum absolute atomic E-state index is 0.0908. The first-order valence-electron chi connectivity index (χ1n) is 5.85. The lowest BCUT2D eigenvalue weighted by atomic mass is 10.1. The summed E-state index contributed by atoms with van der Waals surface area (Å²) in [4.78, 5) is 12.0. The molecule has 0 saturated carbocycles. The average Bonchev–Trinajstić information content (AvgIpc) is 2.39. The molecular formula is C15H16N2O. The van der Waals surface area contributed by atoms with Gasteiger partial charge in [0.2, 0.25) is 0 Å². The van der Waals surface area contributed by atoms with Gasteiger partial charge < -0.3 is 10.6 Å². The Hall–Kier alpha value is -2.29. The van der Waals surface area contributed by atoms with Gasteiger partial charge in [0.05, 0.1) is 0 Å². The Morgan fingerprint density at radius 1 is 1.06 bits per heavy atom. The van der Waals surface area contributed by atoms with E-state index in [4.69, 9.17) is 0 Å². The third-order valence-corrected chi connectivity index (χ3v) is 2.79. The Labute approximate surface area is 107 Å². The van der Waals surface area contributed by atoms with Gasteiger partial charge in [-0.3, -0.25) is 4.79 Å². The van der Waals surface area contributed by atoms with E-state index in [2.05, 4.69) is 10.6 Å². The molecule has 0 spiro atoms. The van der Waals surface area contributed by atoms with Crippen molar-refractivity contribution >= 4 is 17.3 Å². The Morgan fingerprint density at radius 2 is 1.78 bits per heavy atom. The molecule has 0 saturated heterocycles. The zero-order valence-electron chi connectivity index (χ0n) is 10.5. The number of carbonyl (C=O) groups is 1. The maximum absolute atomic E-state index is 12.0. The second-order valence-corrected chi connectivity index (χ2v) is 4.10. The highest BCUT2D eigenvalue weighted by Gasteiger charge is 2.07. The fourth-order valence-electron chi connectivity index (χ4n) is 1.81. The van der Waals surface area contributed by atoms with Gasteiger partial charge in [0, 0.05) is 24.0 Å². The number of amides is 1. The summed E-state index contributed by atoms with van der Waals surface area (Å²) in [5, 5.41) is 5.94. The smallest absolute Gasteiger partial charge is 0.255 e. The fourth-order valence-corrected chi connectivity index (χ4v) is 1.81. The van der Waals surface area contributed by atoms with Crippen LogP contribution in [0.2, 0.25) is 0 Å². The van der Waals surface area contributed by atoms with Crippen molar-refractivity contribution in [3.8, 4) is 0 Å². The van der Waals surface area contributed by atoms with Crippen molar-refractivity contribution in [2.24, 2.45) is 0 Å². The van der Waals surface area contributed by atoms with Gasteiger partial charge in [0.15, 0.2) is 0 Å². The number of aryl methyl sites for hydroxylation is 1. The SMILES string of the molecule is CNc1ccc(C(=O)Nc2ccccc2)cc1C. The minimum atomic E-state index is -0.0908. The van der Waals surface area contributed by atoms with E-state index in [1.54, 1.807) is 0 Å². The molecule has 2 N–H and O–H groups in total. The Kier molecular flexibility index (Phi) is 3.63. The Bertz CT molecular complexity index is 550. The number of carbonyl (C=O) groups excluding carboxylic acids is 1. The Balaban J connectivity index is 2.17. The van der Waals surface area contributed by atoms with E-state index in [0.717, 1.165) is 16.9 Å². The first kappa shape index (κ1) is 12.2. The predicted molar refractivity (Wildman–Crippen MR) is 75.1 cm³/mol. The van der Waals surface area contributed by atoms with Crippen LogP contribution < -0.4 is 10.6 Å². The van der Waals surface area contributed by atoms with Crippen LogP contribution in [0.15, 0.2) is 48.5 Å². The maximum atomic E-state index is 12.0. The molecule has 0 unspecified atom stereocenters. The van der Waals surface area contributed by atoms with E-state index in [1.165, 1.54) is 0 Å². The van der Waals surface area contributed by atoms with Crippen LogP contribution in [0.3, 0.4) is 0 Å². The van der Waals surface area contributed by atoms with E-state index >= 15 is 0 Å². The summed E-state index contributed by atoms with van der Waals surface area (Å²) < 4.78 is 0. The van der Waals surface area contributed by atoms with Gasteiger partial charge in [0.1, 0.15) is 0 Å². The van der Waals surface area contributed by atoms with E-state index in [9.17, 15) is 4.79 Å². The molecular weight excluding hydrogens is 224 g/mol. The summed E-state index contributed by atoms with van der Waals surface area (Å²) in [6.07, 6.45) is 0. The van der Waals surface area contributed by atoms with Crippen LogP contribution in [0, 0.1) is 6.92 Å². The fraction of sp³-hybridized carbons (Fsp3) is 0.133. The van der Waals surface area contributed by atoms with Crippen LogP contribution >= 0.6 is 0 Å². The van der Waals surface area contributed by atoms with Gasteiger partial charge in [-0.1, -0.05) is 18.2 Å². The molecule has 1 amide bonds. The molecule has 2 rings (SSSR count). The lowest BCUT2D eigenvalue weighted by Gasteiger charge is -2.08. The molecule has 3 nitrogen and oxygen atoms in total. The third-order valence-electron chi connectivity index (χ3n) is 2.79. The third kappa shape index (κ3) is 2.69. The molecule has 2 aromatic carbocycles. The summed E-state index contributed by atoms with van der Waals surface area (Å²) in [5.41, 5.74) is 3.55. The summed E-state index contributed by atoms with van der Waals surface area (Å²) in [6.45, 7) is 1.98. The highest BCUT2D eigenvalue weighted by atomic mass is 16.1. The molecule has 2 aromatic rings. The first-order chi connectivity index (χ1) is 8.70. The van der Waals surface area contributed by atoms with Crippen molar-refractivity contribution < 1.29 is 4.79 Å². The monoisotopic (exact) mass is 240 g/mol. The van der Waals surface area contributed by atoms with Crippen molar-refractivity contribution in [1.82, 2.24) is 0 Å². The predicted octanol–water partition coefficient (Wildman–Crippen LogP) is 3.29. The second-order valence-electron chi connectivity index (χ2n) is 4.10. The molecule has 18 heavy (non-hydrogen) atoms. The molecule has 0 atom stereocenters. The number of para-hydroxylation sites is 1. The zero-order valence-corrected chi connectivity index (χ0v) is 10.5. The standard InChI is InChI=1S/C15H16N2O/c1-11-10-12(8-9-14(11)16-2)15(18)17-13-6-4-3-5-7-13/h3-10,16H,1-2H3,(H,17,18). The summed E-state index contributed by atoms with van der Waals surface area (Å²) in [7, 11) is 1.87. The largest absolute Gasteiger partial charge is 0.388 e. The number of hydrogen-bond donors (Lipinski definition) is 2. The van der Waals surface area contributed by atoms with Gasteiger partial charge in [-0.2, -0.15) is 0 Å². The van der Waals surface area contributed by atoms with Crippen molar-refractivity contribution in [2.45, 2.75) is 6.92 Å². The van der Waals surface area contributed by atoms with Gasteiger partial charge in [0.25, 0.3) is 5.91 Å². The molecule has 0 aliphatic heterocycles. The number of nitrogens with one attached hydrogen (secondary N) is 2. The van der Waals surface area contributed by atoms with Crippen molar-refractivity contribution in [1.29, 1.82) is 0 Å². The van der Waals surface area contributed by atoms with Crippen LogP contribution in [0.1, 0.15) is 15.9 Å². The molecule has 0 aliphatic rings. The quantitative estimate of drug-likeness (QED) is 0.864. The number of benzene rings is 2. The van der Waals surface area contributed by atoms with Crippen LogP contribution in [-0.2, 0) is 0 Å². The van der Waals surface area contributed by atoms with Gasteiger partial charge in [-0.05, 0) is 42.8 Å². The molecule has 0 aliphatic carbocycles. The van der Waals surface area contributed by atoms with Crippen molar-refractivity contribution in [2.75, 3.05) is 17.7 Å². The molecule has 0 radical (unpaired) electrons. The van der Waals surface area contributed by atoms with Crippen LogP contribution in [0.25, 0.3) is 0 Å². The zero-order chi connectivity index (χ0) is 13.0. The summed E-state index contributed by atoms with van der Waals surface area (Å²) in [5.74, 6) is -0.0908. The number of hydrogen-bond acceptors (Lipinski definition) is 2. The average molecular weight is 240 g/mol. The topological polar surface area (TPSA) is 41.1 Å². The van der Waals surface area contributed by atoms with Gasteiger partial charge in [-0.15, -0.1) is 0 Å². The highest BCUT2D eigenvalue weighted by Crippen LogP contribution is 2.17. The maximum Gasteiger partial charge on any atom is 0.255 e. The normalized spacial score (nSPS) is 9.89. The van der Waals surface area contributed by atoms with E-state index < -0.39 is 0 Å². The highest BCUT2D eigenvalue weighted by molar-refractivity contribution is 6.04. The van der Waals surface area contributed by atoms with E-state index in [0.29, 0.717) is 5.56 Å². The van der Waals surface area contributed by atoms with Gasteiger partial charge >= 0.3 is 0 Å². The molecule has 0 fully saturated rings. The molecule has 3 heteroatoms. The second kappa shape index (κ2) is 5.36. The molecule has 92 valence electrons. The molecule has 0 bridgehead atoms.